The van der Waals surface area contributed by atoms with Gasteiger partial charge in [0.05, 0.1) is 0 Å². The predicted octanol–water partition coefficient (Wildman–Crippen LogP) is 5.88. The molecule has 0 fully saturated rings. The van der Waals surface area contributed by atoms with E-state index in [1.807, 2.05) is 0 Å². The number of halogens is 6. The van der Waals surface area contributed by atoms with Gasteiger partial charge in [0.25, 0.3) is 0 Å². The fourth-order valence-electron chi connectivity index (χ4n) is 2.88. The largest absolute Gasteiger partial charge is 0.421 e. The average Bonchev–Trinajstić information content (AvgIpc) is 2.78. The molecule has 12 heteroatoms. The van der Waals surface area contributed by atoms with E-state index in [1.165, 1.54) is 48.5 Å². The van der Waals surface area contributed by atoms with Crippen molar-refractivity contribution in [3.8, 4) is 0 Å². The van der Waals surface area contributed by atoms with Crippen molar-refractivity contribution in [1.82, 2.24) is 0 Å². The number of rotatable bonds is 7. The van der Waals surface area contributed by atoms with E-state index in [0.29, 0.717) is 0 Å². The molecule has 0 spiro atoms. The zero-order valence-corrected chi connectivity index (χ0v) is 18.0. The summed E-state index contributed by atoms with van der Waals surface area (Å²) in [6.07, 6.45) is -10.5. The number of aliphatic hydroxyl groups excluding tert-OH is 1. The van der Waals surface area contributed by atoms with Gasteiger partial charge < -0.3 is 5.11 Å². The van der Waals surface area contributed by atoms with Crippen molar-refractivity contribution in [2.24, 2.45) is 0 Å². The summed E-state index contributed by atoms with van der Waals surface area (Å²) in [5.74, 6) is -0.728. The summed E-state index contributed by atoms with van der Waals surface area (Å²) in [6, 6.07) is 18.3. The fraction of sp³-hybridized carbons (Fsp3) is 0.143. The quantitative estimate of drug-likeness (QED) is 0.403. The highest BCUT2D eigenvalue weighted by Crippen LogP contribution is 2.70. The van der Waals surface area contributed by atoms with E-state index in [4.69, 9.17) is 8.74 Å². The molecule has 3 rings (SSSR count). The Bertz CT molecular complexity index is 1150. The van der Waals surface area contributed by atoms with Gasteiger partial charge in [-0.25, -0.2) is 8.02 Å². The average molecular weight is 510 g/mol. The van der Waals surface area contributed by atoms with Gasteiger partial charge in [0.15, 0.2) is 0 Å². The second-order valence-electron chi connectivity index (χ2n) is 6.66. The predicted molar refractivity (Wildman–Crippen MR) is 109 cm³/mol. The topological polar surface area (TPSA) is 63.6 Å². The molecule has 1 atom stereocenters. The maximum atomic E-state index is 14.5. The Morgan fingerprint density at radius 1 is 0.697 bits per heavy atom. The molecule has 0 heterocycles. The molecule has 4 nitrogen and oxygen atoms in total. The van der Waals surface area contributed by atoms with Crippen LogP contribution in [0.5, 0.6) is 0 Å². The van der Waals surface area contributed by atoms with Gasteiger partial charge in [-0.3, -0.25) is 0 Å². The van der Waals surface area contributed by atoms with Crippen LogP contribution >= 0.6 is 10.3 Å². The van der Waals surface area contributed by atoms with Gasteiger partial charge in [-0.05, 0) is 58.8 Å². The van der Waals surface area contributed by atoms with Crippen molar-refractivity contribution >= 4 is 20.4 Å². The first-order chi connectivity index (χ1) is 15.3. The molecule has 0 amide bonds. The Morgan fingerprint density at radius 2 is 1.09 bits per heavy atom. The zero-order valence-electron chi connectivity index (χ0n) is 16.4. The number of benzene rings is 3. The van der Waals surface area contributed by atoms with Crippen molar-refractivity contribution in [2.75, 3.05) is 0 Å². The van der Waals surface area contributed by atoms with Crippen LogP contribution in [0.1, 0.15) is 0 Å². The third-order valence-electron chi connectivity index (χ3n) is 4.45. The zero-order chi connectivity index (χ0) is 24.5. The Morgan fingerprint density at radius 3 is 1.48 bits per heavy atom. The van der Waals surface area contributed by atoms with Gasteiger partial charge >= 0.3 is 21.5 Å². The Balaban J connectivity index is 2.33. The van der Waals surface area contributed by atoms with Crippen LogP contribution in [0.15, 0.2) is 99.6 Å². The van der Waals surface area contributed by atoms with Crippen LogP contribution in [0.2, 0.25) is 0 Å². The second-order valence-corrected chi connectivity index (χ2v) is 11.2. The maximum Gasteiger partial charge on any atom is 0.421 e. The van der Waals surface area contributed by atoms with Gasteiger partial charge in [-0.15, -0.1) is 0 Å². The first-order valence-corrected chi connectivity index (χ1v) is 12.1. The third-order valence-corrected chi connectivity index (χ3v) is 9.68. The number of hydrogen-bond donors (Lipinski definition) is 1. The van der Waals surface area contributed by atoms with E-state index in [-0.39, 0.29) is 14.7 Å². The van der Waals surface area contributed by atoms with Gasteiger partial charge in [-0.2, -0.15) is 30.4 Å². The van der Waals surface area contributed by atoms with E-state index >= 15 is 0 Å². The normalized spacial score (nSPS) is 14.6. The van der Waals surface area contributed by atoms with Crippen LogP contribution in [0.4, 0.5) is 26.3 Å². The summed E-state index contributed by atoms with van der Waals surface area (Å²) in [5, 5.41) is 3.38. The first kappa shape index (κ1) is 25.1. The summed E-state index contributed by atoms with van der Waals surface area (Å²) in [4.78, 5) is -0.0189. The summed E-state index contributed by atoms with van der Waals surface area (Å²) in [6.45, 7) is 0. The summed E-state index contributed by atoms with van der Waals surface area (Å²) in [5.41, 5.74) is 0. The molecular formula is C21H16F6O4S2. The number of aliphatic hydroxyl groups is 1. The van der Waals surface area contributed by atoms with Gasteiger partial charge in [0, 0.05) is 14.7 Å². The molecule has 1 unspecified atom stereocenters. The standard InChI is InChI=1S/C21H16F6O4S2/c22-15-11-13-18(14-12-15)32(16-7-3-1-4-8-16,17-9-5-2-6-10-17)31-33(29,30)21(26,27)19(28)20(23,24)25/h1-14,19,28H. The molecule has 0 saturated heterocycles. The van der Waals surface area contributed by atoms with Gasteiger partial charge in [0.2, 0.25) is 6.10 Å². The lowest BCUT2D eigenvalue weighted by molar-refractivity contribution is -0.248. The summed E-state index contributed by atoms with van der Waals surface area (Å²) in [7, 11) is -10.1. The van der Waals surface area contributed by atoms with Crippen LogP contribution in [0, 0.1) is 5.82 Å². The smallest absolute Gasteiger partial charge is 0.378 e. The Hall–Kier alpha value is -2.54. The molecule has 0 aliphatic heterocycles. The lowest BCUT2D eigenvalue weighted by atomic mass is 10.3. The molecule has 33 heavy (non-hydrogen) atoms. The molecule has 0 aliphatic carbocycles. The van der Waals surface area contributed by atoms with Crippen LogP contribution in [-0.4, -0.2) is 31.1 Å². The lowest BCUT2D eigenvalue weighted by Crippen LogP contribution is -2.50. The van der Waals surface area contributed by atoms with Crippen molar-refractivity contribution in [3.05, 3.63) is 90.7 Å². The highest BCUT2D eigenvalue weighted by atomic mass is 32.3. The van der Waals surface area contributed by atoms with Gasteiger partial charge in [0.1, 0.15) is 5.82 Å². The fourth-order valence-corrected chi connectivity index (χ4v) is 8.09. The van der Waals surface area contributed by atoms with Crippen LogP contribution in [0.3, 0.4) is 0 Å². The maximum absolute atomic E-state index is 14.5. The van der Waals surface area contributed by atoms with E-state index in [0.717, 1.165) is 24.3 Å². The van der Waals surface area contributed by atoms with Crippen LogP contribution < -0.4 is 0 Å². The molecule has 0 aliphatic rings. The third kappa shape index (κ3) is 4.74. The molecule has 1 N–H and O–H groups in total. The van der Waals surface area contributed by atoms with Gasteiger partial charge in [-0.1, -0.05) is 36.4 Å². The molecule has 0 bridgehead atoms. The lowest BCUT2D eigenvalue weighted by Gasteiger charge is -2.40. The Kier molecular flexibility index (Phi) is 6.85. The number of hydrogen-bond acceptors (Lipinski definition) is 4. The van der Waals surface area contributed by atoms with Crippen LogP contribution in [-0.2, 0) is 13.7 Å². The minimum absolute atomic E-state index is 0.0312. The highest BCUT2D eigenvalue weighted by molar-refractivity contribution is 8.33. The minimum Gasteiger partial charge on any atom is -0.378 e. The van der Waals surface area contributed by atoms with Crippen molar-refractivity contribution < 1.29 is 43.5 Å². The Labute approximate surface area is 187 Å². The van der Waals surface area contributed by atoms with E-state index < -0.39 is 43.8 Å². The van der Waals surface area contributed by atoms with Crippen molar-refractivity contribution in [3.63, 3.8) is 0 Å². The summed E-state index contributed by atoms with van der Waals surface area (Å²) < 4.78 is 111. The number of alkyl halides is 5. The highest BCUT2D eigenvalue weighted by Gasteiger charge is 2.65. The molecular weight excluding hydrogens is 494 g/mol. The SMILES string of the molecule is O=S(=O)(OS(c1ccccc1)(c1ccccc1)c1ccc(F)cc1)C(F)(F)C(O)C(F)(F)F. The monoisotopic (exact) mass is 510 g/mol. The molecule has 0 saturated carbocycles. The molecule has 0 radical (unpaired) electrons. The molecule has 3 aromatic carbocycles. The minimum atomic E-state index is -6.41. The molecule has 0 aromatic heterocycles. The first-order valence-electron chi connectivity index (χ1n) is 9.10. The van der Waals surface area contributed by atoms with Crippen molar-refractivity contribution in [2.45, 2.75) is 32.2 Å². The molecule has 3 aromatic rings. The van der Waals surface area contributed by atoms with E-state index in [2.05, 4.69) is 0 Å². The van der Waals surface area contributed by atoms with E-state index in [1.54, 1.807) is 12.1 Å². The van der Waals surface area contributed by atoms with Crippen LogP contribution in [0.25, 0.3) is 0 Å². The second kappa shape index (κ2) is 9.01. The van der Waals surface area contributed by atoms with Crippen molar-refractivity contribution in [1.29, 1.82) is 0 Å². The summed E-state index contributed by atoms with van der Waals surface area (Å²) >= 11 is 0. The molecule has 178 valence electrons. The van der Waals surface area contributed by atoms with E-state index in [9.17, 15) is 34.8 Å².